The number of nitrogens with one attached hydrogen (secondary N) is 1. The molecule has 1 heterocycles. The Hall–Kier alpha value is -0.860. The molecule has 2 nitrogen and oxygen atoms in total. The van der Waals surface area contributed by atoms with Gasteiger partial charge in [0.1, 0.15) is 0 Å². The lowest BCUT2D eigenvalue weighted by molar-refractivity contribution is 0.196. The maximum Gasteiger partial charge on any atom is 0.0322 e. The van der Waals surface area contributed by atoms with Crippen LogP contribution in [0.4, 0.5) is 0 Å². The van der Waals surface area contributed by atoms with E-state index in [9.17, 15) is 0 Å². The second kappa shape index (κ2) is 4.98. The van der Waals surface area contributed by atoms with Crippen molar-refractivity contribution in [1.29, 1.82) is 0 Å². The summed E-state index contributed by atoms with van der Waals surface area (Å²) in [4.78, 5) is 2.50. The molecule has 1 fully saturated rings. The fourth-order valence-corrected chi connectivity index (χ4v) is 2.58. The number of rotatable bonds is 3. The van der Waals surface area contributed by atoms with Crippen LogP contribution in [0, 0.1) is 6.92 Å². The summed E-state index contributed by atoms with van der Waals surface area (Å²) in [5.74, 6) is 0. The zero-order chi connectivity index (χ0) is 11.5. The minimum absolute atomic E-state index is 0.506. The van der Waals surface area contributed by atoms with Crippen molar-refractivity contribution in [3.63, 3.8) is 0 Å². The third-order valence-electron chi connectivity index (χ3n) is 3.86. The van der Waals surface area contributed by atoms with Crippen LogP contribution in [-0.4, -0.2) is 31.1 Å². The van der Waals surface area contributed by atoms with Crippen molar-refractivity contribution >= 4 is 0 Å². The molecule has 0 spiro atoms. The average molecular weight is 218 g/mol. The Balaban J connectivity index is 2.11. The Morgan fingerprint density at radius 1 is 1.38 bits per heavy atom. The van der Waals surface area contributed by atoms with Gasteiger partial charge in [-0.15, -0.1) is 0 Å². The number of likely N-dealkylation sites (N-methyl/N-ethyl adjacent to an activating group) is 1. The summed E-state index contributed by atoms with van der Waals surface area (Å²) >= 11 is 0. The first kappa shape index (κ1) is 11.6. The van der Waals surface area contributed by atoms with E-state index in [2.05, 4.69) is 55.4 Å². The van der Waals surface area contributed by atoms with Gasteiger partial charge in [0.05, 0.1) is 0 Å². The van der Waals surface area contributed by atoms with Crippen molar-refractivity contribution < 1.29 is 0 Å². The maximum atomic E-state index is 3.43. The molecule has 1 aliphatic rings. The van der Waals surface area contributed by atoms with Crippen LogP contribution in [0.2, 0.25) is 0 Å². The summed E-state index contributed by atoms with van der Waals surface area (Å²) in [5.41, 5.74) is 2.85. The van der Waals surface area contributed by atoms with E-state index in [0.717, 1.165) is 13.1 Å². The van der Waals surface area contributed by atoms with E-state index in [1.807, 2.05) is 0 Å². The molecule has 0 bridgehead atoms. The molecule has 88 valence electrons. The molecule has 0 aromatic heterocycles. The fourth-order valence-electron chi connectivity index (χ4n) is 2.58. The number of benzene rings is 1. The highest BCUT2D eigenvalue weighted by Crippen LogP contribution is 2.25. The fraction of sp³-hybridized carbons (Fsp3) is 0.571. The minimum Gasteiger partial charge on any atom is -0.315 e. The number of aryl methyl sites for hydroxylation is 1. The van der Waals surface area contributed by atoms with Crippen molar-refractivity contribution in [2.24, 2.45) is 0 Å². The Kier molecular flexibility index (Phi) is 3.62. The van der Waals surface area contributed by atoms with E-state index in [1.54, 1.807) is 0 Å². The largest absolute Gasteiger partial charge is 0.315 e. The van der Waals surface area contributed by atoms with E-state index in [-0.39, 0.29) is 0 Å². The molecule has 2 heteroatoms. The average Bonchev–Trinajstić information content (AvgIpc) is 2.81. The highest BCUT2D eigenvalue weighted by atomic mass is 15.2. The van der Waals surface area contributed by atoms with Crippen LogP contribution in [0.1, 0.15) is 30.5 Å². The molecule has 1 N–H and O–H groups in total. The first-order chi connectivity index (χ1) is 7.70. The molecule has 0 saturated carbocycles. The normalized spacial score (nSPS) is 22.6. The smallest absolute Gasteiger partial charge is 0.0322 e. The van der Waals surface area contributed by atoms with Crippen molar-refractivity contribution in [2.75, 3.05) is 20.1 Å². The Morgan fingerprint density at radius 2 is 2.12 bits per heavy atom. The van der Waals surface area contributed by atoms with Gasteiger partial charge in [0.2, 0.25) is 0 Å². The van der Waals surface area contributed by atoms with Crippen LogP contribution in [0.25, 0.3) is 0 Å². The lowest BCUT2D eigenvalue weighted by atomic mass is 10.0. The van der Waals surface area contributed by atoms with Crippen molar-refractivity contribution in [2.45, 2.75) is 32.4 Å². The highest BCUT2D eigenvalue weighted by Gasteiger charge is 2.24. The summed E-state index contributed by atoms with van der Waals surface area (Å²) in [6.45, 7) is 6.80. The Morgan fingerprint density at radius 3 is 2.75 bits per heavy atom. The second-order valence-corrected chi connectivity index (χ2v) is 4.84. The summed E-state index contributed by atoms with van der Waals surface area (Å²) in [6, 6.07) is 9.90. The number of nitrogens with zero attached hydrogens (tertiary/aromatic N) is 1. The van der Waals surface area contributed by atoms with Gasteiger partial charge >= 0.3 is 0 Å². The molecule has 1 aromatic rings. The molecule has 0 aliphatic carbocycles. The quantitative estimate of drug-likeness (QED) is 0.838. The van der Waals surface area contributed by atoms with Crippen molar-refractivity contribution in [1.82, 2.24) is 10.2 Å². The molecular formula is C14H22N2. The van der Waals surface area contributed by atoms with E-state index in [4.69, 9.17) is 0 Å². The predicted molar refractivity (Wildman–Crippen MR) is 68.6 cm³/mol. The van der Waals surface area contributed by atoms with Gasteiger partial charge < -0.3 is 5.32 Å². The zero-order valence-electron chi connectivity index (χ0n) is 10.5. The topological polar surface area (TPSA) is 15.3 Å². The molecular weight excluding hydrogens is 196 g/mol. The lowest BCUT2D eigenvalue weighted by Gasteiger charge is -2.31. The summed E-state index contributed by atoms with van der Waals surface area (Å²) in [6.07, 6.45) is 1.27. The van der Waals surface area contributed by atoms with E-state index in [0.29, 0.717) is 12.1 Å². The molecule has 0 radical (unpaired) electrons. The molecule has 16 heavy (non-hydrogen) atoms. The third-order valence-corrected chi connectivity index (χ3v) is 3.86. The molecule has 0 amide bonds. The van der Waals surface area contributed by atoms with Crippen LogP contribution in [0.15, 0.2) is 24.3 Å². The first-order valence-corrected chi connectivity index (χ1v) is 6.18. The second-order valence-electron chi connectivity index (χ2n) is 4.84. The summed E-state index contributed by atoms with van der Waals surface area (Å²) in [5, 5.41) is 3.43. The zero-order valence-corrected chi connectivity index (χ0v) is 10.5. The van der Waals surface area contributed by atoms with E-state index in [1.165, 1.54) is 17.5 Å². The highest BCUT2D eigenvalue weighted by molar-refractivity contribution is 5.28. The Bertz CT molecular complexity index is 342. The van der Waals surface area contributed by atoms with Crippen molar-refractivity contribution in [3.8, 4) is 0 Å². The van der Waals surface area contributed by atoms with Gasteiger partial charge in [-0.1, -0.05) is 24.3 Å². The van der Waals surface area contributed by atoms with E-state index < -0.39 is 0 Å². The third kappa shape index (κ3) is 2.28. The van der Waals surface area contributed by atoms with Gasteiger partial charge in [-0.3, -0.25) is 4.90 Å². The minimum atomic E-state index is 0.506. The summed E-state index contributed by atoms with van der Waals surface area (Å²) < 4.78 is 0. The Labute approximate surface area is 98.7 Å². The monoisotopic (exact) mass is 218 g/mol. The summed E-state index contributed by atoms with van der Waals surface area (Å²) in [7, 11) is 2.24. The molecule has 2 unspecified atom stereocenters. The van der Waals surface area contributed by atoms with Crippen LogP contribution in [-0.2, 0) is 0 Å². The van der Waals surface area contributed by atoms with Gasteiger partial charge in [0.25, 0.3) is 0 Å². The molecule has 1 aliphatic heterocycles. The lowest BCUT2D eigenvalue weighted by Crippen LogP contribution is -2.35. The number of hydrogen-bond donors (Lipinski definition) is 1. The van der Waals surface area contributed by atoms with E-state index >= 15 is 0 Å². The molecule has 1 saturated heterocycles. The van der Waals surface area contributed by atoms with Gasteiger partial charge in [0.15, 0.2) is 0 Å². The van der Waals surface area contributed by atoms with Crippen molar-refractivity contribution in [3.05, 3.63) is 35.4 Å². The van der Waals surface area contributed by atoms with Crippen LogP contribution < -0.4 is 5.32 Å². The van der Waals surface area contributed by atoms with Gasteiger partial charge in [-0.2, -0.15) is 0 Å². The van der Waals surface area contributed by atoms with Crippen LogP contribution >= 0.6 is 0 Å². The number of hydrogen-bond acceptors (Lipinski definition) is 2. The maximum absolute atomic E-state index is 3.43. The molecule has 2 rings (SSSR count). The standard InChI is InChI=1S/C14H22N2/c1-11-6-4-5-7-14(11)12(2)16(3)13-8-9-15-10-13/h4-7,12-13,15H,8-10H2,1-3H3. The van der Waals surface area contributed by atoms with Crippen LogP contribution in [0.3, 0.4) is 0 Å². The van der Waals surface area contributed by atoms with Gasteiger partial charge in [0, 0.05) is 18.6 Å². The first-order valence-electron chi connectivity index (χ1n) is 6.18. The molecule has 1 aromatic carbocycles. The predicted octanol–water partition coefficient (Wildman–Crippen LogP) is 2.35. The van der Waals surface area contributed by atoms with Crippen LogP contribution in [0.5, 0.6) is 0 Å². The molecule has 2 atom stereocenters. The van der Waals surface area contributed by atoms with Gasteiger partial charge in [-0.25, -0.2) is 0 Å². The SMILES string of the molecule is Cc1ccccc1C(C)N(C)C1CCNC1. The van der Waals surface area contributed by atoms with Gasteiger partial charge in [-0.05, 0) is 45.0 Å².